The number of carbonyl (C=O) groups excluding carboxylic acids is 2. The monoisotopic (exact) mass is 400 g/mol. The van der Waals surface area contributed by atoms with Crippen LogP contribution in [0.2, 0.25) is 0 Å². The van der Waals surface area contributed by atoms with E-state index >= 15 is 0 Å². The summed E-state index contributed by atoms with van der Waals surface area (Å²) in [7, 11) is 1.58. The molecule has 152 valence electrons. The van der Waals surface area contributed by atoms with Gasteiger partial charge in [-0.25, -0.2) is 0 Å². The fourth-order valence-corrected chi connectivity index (χ4v) is 3.82. The summed E-state index contributed by atoms with van der Waals surface area (Å²) >= 11 is 0. The molecule has 0 aliphatic carbocycles. The lowest BCUT2D eigenvalue weighted by Crippen LogP contribution is -2.28. The number of anilines is 2. The Kier molecular flexibility index (Phi) is 5.53. The summed E-state index contributed by atoms with van der Waals surface area (Å²) in [5.41, 5.74) is 4.47. The van der Waals surface area contributed by atoms with Crippen LogP contribution in [0.25, 0.3) is 11.1 Å². The Labute approximate surface area is 176 Å². The first-order chi connectivity index (χ1) is 14.6. The van der Waals surface area contributed by atoms with Crippen molar-refractivity contribution in [3.63, 3.8) is 0 Å². The molecule has 1 saturated heterocycles. The van der Waals surface area contributed by atoms with Crippen molar-refractivity contribution in [1.82, 2.24) is 0 Å². The second-order valence-electron chi connectivity index (χ2n) is 7.48. The molecule has 1 aliphatic rings. The van der Waals surface area contributed by atoms with Crippen LogP contribution < -0.4 is 15.0 Å². The third kappa shape index (κ3) is 3.92. The van der Waals surface area contributed by atoms with Gasteiger partial charge in [-0.1, -0.05) is 54.6 Å². The maximum atomic E-state index is 13.0. The molecular formula is C25H24N2O3. The van der Waals surface area contributed by atoms with Gasteiger partial charge < -0.3 is 15.0 Å². The Morgan fingerprint density at radius 2 is 1.77 bits per heavy atom. The molecule has 2 amide bonds. The van der Waals surface area contributed by atoms with E-state index in [0.29, 0.717) is 18.0 Å². The highest BCUT2D eigenvalue weighted by atomic mass is 16.5. The molecule has 5 heteroatoms. The number of ether oxygens (including phenoxy) is 1. The van der Waals surface area contributed by atoms with Crippen molar-refractivity contribution in [1.29, 1.82) is 0 Å². The van der Waals surface area contributed by atoms with Crippen molar-refractivity contribution in [3.05, 3.63) is 78.4 Å². The molecule has 1 fully saturated rings. The highest BCUT2D eigenvalue weighted by molar-refractivity contribution is 6.05. The minimum atomic E-state index is -0.424. The topological polar surface area (TPSA) is 58.6 Å². The van der Waals surface area contributed by atoms with Gasteiger partial charge >= 0.3 is 0 Å². The van der Waals surface area contributed by atoms with Crippen LogP contribution in [0, 0.1) is 12.8 Å². The summed E-state index contributed by atoms with van der Waals surface area (Å²) in [5, 5.41) is 3.03. The smallest absolute Gasteiger partial charge is 0.229 e. The van der Waals surface area contributed by atoms with Crippen LogP contribution in [-0.4, -0.2) is 25.5 Å². The van der Waals surface area contributed by atoms with E-state index in [4.69, 9.17) is 4.74 Å². The molecule has 1 heterocycles. The zero-order valence-electron chi connectivity index (χ0n) is 17.1. The fraction of sp³-hybridized carbons (Fsp3) is 0.200. The van der Waals surface area contributed by atoms with Gasteiger partial charge in [-0.3, -0.25) is 9.59 Å². The van der Waals surface area contributed by atoms with Gasteiger partial charge in [0.2, 0.25) is 11.8 Å². The zero-order valence-corrected chi connectivity index (χ0v) is 17.1. The first-order valence-corrected chi connectivity index (χ1v) is 9.97. The number of nitrogens with one attached hydrogen (secondary N) is 1. The van der Waals surface area contributed by atoms with E-state index in [2.05, 4.69) is 5.32 Å². The van der Waals surface area contributed by atoms with E-state index in [-0.39, 0.29) is 18.2 Å². The first-order valence-electron chi connectivity index (χ1n) is 9.97. The molecule has 3 aromatic carbocycles. The number of nitrogens with zero attached hydrogens (tertiary/aromatic N) is 1. The van der Waals surface area contributed by atoms with E-state index in [1.165, 1.54) is 0 Å². The molecule has 5 nitrogen and oxygen atoms in total. The molecule has 0 radical (unpaired) electrons. The van der Waals surface area contributed by atoms with Crippen LogP contribution in [0.15, 0.2) is 72.8 Å². The minimum absolute atomic E-state index is 0.0737. The molecule has 1 aliphatic heterocycles. The lowest BCUT2D eigenvalue weighted by molar-refractivity contribution is -0.122. The van der Waals surface area contributed by atoms with Crippen LogP contribution in [-0.2, 0) is 9.59 Å². The summed E-state index contributed by atoms with van der Waals surface area (Å²) in [4.78, 5) is 27.4. The van der Waals surface area contributed by atoms with Crippen molar-refractivity contribution >= 4 is 23.2 Å². The van der Waals surface area contributed by atoms with Gasteiger partial charge in [0.15, 0.2) is 0 Å². The summed E-state index contributed by atoms with van der Waals surface area (Å²) < 4.78 is 5.42. The van der Waals surface area contributed by atoms with Gasteiger partial charge in [0.1, 0.15) is 5.75 Å². The Morgan fingerprint density at radius 3 is 2.53 bits per heavy atom. The maximum Gasteiger partial charge on any atom is 0.229 e. The molecule has 1 N–H and O–H groups in total. The van der Waals surface area contributed by atoms with Crippen molar-refractivity contribution < 1.29 is 14.3 Å². The van der Waals surface area contributed by atoms with Crippen LogP contribution in [0.4, 0.5) is 11.4 Å². The number of hydrogen-bond acceptors (Lipinski definition) is 3. The molecule has 0 aromatic heterocycles. The SMILES string of the molecule is COc1ccc(C)cc1N1C[C@H](C(=O)Nc2ccccc2-c2ccccc2)CC1=O. The third-order valence-corrected chi connectivity index (χ3v) is 5.39. The molecular weight excluding hydrogens is 376 g/mol. The van der Waals surface area contributed by atoms with E-state index in [0.717, 1.165) is 22.4 Å². The van der Waals surface area contributed by atoms with Gasteiger partial charge in [-0.05, 0) is 36.2 Å². The Balaban J connectivity index is 1.54. The number of amides is 2. The van der Waals surface area contributed by atoms with Gasteiger partial charge in [-0.2, -0.15) is 0 Å². The second-order valence-corrected chi connectivity index (χ2v) is 7.48. The summed E-state index contributed by atoms with van der Waals surface area (Å²) in [6.07, 6.45) is 0.177. The van der Waals surface area contributed by atoms with Gasteiger partial charge in [-0.15, -0.1) is 0 Å². The van der Waals surface area contributed by atoms with Crippen molar-refractivity contribution in [2.45, 2.75) is 13.3 Å². The van der Waals surface area contributed by atoms with Crippen LogP contribution in [0.3, 0.4) is 0 Å². The predicted molar refractivity (Wildman–Crippen MR) is 119 cm³/mol. The summed E-state index contributed by atoms with van der Waals surface area (Å²) in [5.74, 6) is -0.0211. The second kappa shape index (κ2) is 8.41. The molecule has 0 saturated carbocycles. The summed E-state index contributed by atoms with van der Waals surface area (Å²) in [6.45, 7) is 2.30. The van der Waals surface area contributed by atoms with Crippen LogP contribution in [0.5, 0.6) is 5.75 Å². The number of rotatable bonds is 5. The quantitative estimate of drug-likeness (QED) is 0.678. The highest BCUT2D eigenvalue weighted by Crippen LogP contribution is 2.35. The first kappa shape index (κ1) is 19.7. The van der Waals surface area contributed by atoms with E-state index < -0.39 is 5.92 Å². The number of methoxy groups -OCH3 is 1. The van der Waals surface area contributed by atoms with E-state index in [1.807, 2.05) is 79.7 Å². The van der Waals surface area contributed by atoms with Gasteiger partial charge in [0, 0.05) is 24.2 Å². The molecule has 4 rings (SSSR count). The molecule has 0 spiro atoms. The Morgan fingerprint density at radius 1 is 1.03 bits per heavy atom. The average molecular weight is 400 g/mol. The molecule has 1 atom stereocenters. The average Bonchev–Trinajstić information content (AvgIpc) is 3.16. The van der Waals surface area contributed by atoms with Crippen LogP contribution in [0.1, 0.15) is 12.0 Å². The normalized spacial score (nSPS) is 15.9. The number of aryl methyl sites for hydroxylation is 1. The summed E-state index contributed by atoms with van der Waals surface area (Å²) in [6, 6.07) is 23.3. The van der Waals surface area contributed by atoms with Gasteiger partial charge in [0.05, 0.1) is 18.7 Å². The Hall–Kier alpha value is -3.60. The van der Waals surface area contributed by atoms with E-state index in [9.17, 15) is 9.59 Å². The van der Waals surface area contributed by atoms with Crippen LogP contribution >= 0.6 is 0 Å². The lowest BCUT2D eigenvalue weighted by atomic mass is 10.0. The number of benzene rings is 3. The largest absolute Gasteiger partial charge is 0.495 e. The Bertz CT molecular complexity index is 1080. The predicted octanol–water partition coefficient (Wildman–Crippen LogP) is 4.66. The molecule has 3 aromatic rings. The lowest BCUT2D eigenvalue weighted by Gasteiger charge is -2.20. The third-order valence-electron chi connectivity index (χ3n) is 5.39. The number of para-hydroxylation sites is 1. The van der Waals surface area contributed by atoms with Crippen molar-refractivity contribution in [3.8, 4) is 16.9 Å². The molecule has 0 bridgehead atoms. The van der Waals surface area contributed by atoms with E-state index in [1.54, 1.807) is 12.0 Å². The number of carbonyl (C=O) groups is 2. The fourth-order valence-electron chi connectivity index (χ4n) is 3.82. The molecule has 0 unspecified atom stereocenters. The highest BCUT2D eigenvalue weighted by Gasteiger charge is 2.36. The maximum absolute atomic E-state index is 13.0. The number of hydrogen-bond donors (Lipinski definition) is 1. The molecule has 30 heavy (non-hydrogen) atoms. The zero-order chi connectivity index (χ0) is 21.1. The van der Waals surface area contributed by atoms with Crippen molar-refractivity contribution in [2.24, 2.45) is 5.92 Å². The van der Waals surface area contributed by atoms with Gasteiger partial charge in [0.25, 0.3) is 0 Å². The van der Waals surface area contributed by atoms with Crippen molar-refractivity contribution in [2.75, 3.05) is 23.9 Å². The standard InChI is InChI=1S/C25H24N2O3/c1-17-12-13-23(30-2)22(14-17)27-16-19(15-24(27)28)25(29)26-21-11-7-6-10-20(21)18-8-4-3-5-9-18/h3-14,19H,15-16H2,1-2H3,(H,26,29)/t19-/m1/s1. The minimum Gasteiger partial charge on any atom is -0.495 e.